The molecule has 3 heterocycles. The van der Waals surface area contributed by atoms with Crippen LogP contribution in [0, 0.1) is 0 Å². The van der Waals surface area contributed by atoms with Crippen LogP contribution in [-0.4, -0.2) is 32.6 Å². The lowest BCUT2D eigenvalue weighted by atomic mass is 10.1. The van der Waals surface area contributed by atoms with Crippen molar-refractivity contribution in [2.24, 2.45) is 0 Å². The third-order valence-corrected chi connectivity index (χ3v) is 3.22. The van der Waals surface area contributed by atoms with Crippen LogP contribution in [0.1, 0.15) is 25.1 Å². The molecule has 0 aliphatic carbocycles. The average molecular weight is 231 g/mol. The van der Waals surface area contributed by atoms with E-state index in [-0.39, 0.29) is 0 Å². The third-order valence-electron chi connectivity index (χ3n) is 3.22. The van der Waals surface area contributed by atoms with Crippen LogP contribution in [0.3, 0.4) is 0 Å². The number of hydrogen-bond acceptors (Lipinski definition) is 4. The first kappa shape index (κ1) is 10.5. The summed E-state index contributed by atoms with van der Waals surface area (Å²) in [5, 5.41) is 4.46. The number of anilines is 1. The summed E-state index contributed by atoms with van der Waals surface area (Å²) < 4.78 is 1.79. The van der Waals surface area contributed by atoms with Gasteiger partial charge in [-0.1, -0.05) is 6.42 Å². The molecule has 1 saturated heterocycles. The summed E-state index contributed by atoms with van der Waals surface area (Å²) in [4.78, 5) is 6.92. The van der Waals surface area contributed by atoms with E-state index < -0.39 is 0 Å². The number of pyridine rings is 1. The highest BCUT2D eigenvalue weighted by Gasteiger charge is 2.13. The second-order valence-corrected chi connectivity index (χ2v) is 4.63. The topological polar surface area (TPSA) is 59.5 Å². The molecule has 17 heavy (non-hydrogen) atoms. The Labute approximate surface area is 100 Å². The quantitative estimate of drug-likeness (QED) is 0.846. The third kappa shape index (κ3) is 2.24. The zero-order valence-electron chi connectivity index (χ0n) is 9.84. The molecular weight excluding hydrogens is 214 g/mol. The first-order valence-corrected chi connectivity index (χ1v) is 6.14. The van der Waals surface area contributed by atoms with Gasteiger partial charge in [-0.15, -0.1) is 5.10 Å². The highest BCUT2D eigenvalue weighted by Crippen LogP contribution is 2.12. The number of fused-ring (bicyclic) bond motifs is 1. The molecule has 1 fully saturated rings. The molecule has 0 aromatic carbocycles. The van der Waals surface area contributed by atoms with E-state index in [2.05, 4.69) is 15.0 Å². The summed E-state index contributed by atoms with van der Waals surface area (Å²) in [6.45, 7) is 3.18. The lowest BCUT2D eigenvalue weighted by molar-refractivity contribution is 0.216. The van der Waals surface area contributed by atoms with E-state index in [1.54, 1.807) is 4.52 Å². The summed E-state index contributed by atoms with van der Waals surface area (Å²) in [6, 6.07) is 3.69. The summed E-state index contributed by atoms with van der Waals surface area (Å²) in [6.07, 6.45) is 5.80. The molecule has 0 atom stereocenters. The highest BCUT2D eigenvalue weighted by atomic mass is 15.3. The van der Waals surface area contributed by atoms with E-state index in [1.165, 1.54) is 19.3 Å². The maximum absolute atomic E-state index is 5.73. The van der Waals surface area contributed by atoms with Crippen molar-refractivity contribution in [2.45, 2.75) is 25.8 Å². The van der Waals surface area contributed by atoms with Gasteiger partial charge in [0.25, 0.3) is 0 Å². The Morgan fingerprint density at radius 1 is 1.24 bits per heavy atom. The SMILES string of the molecule is Nc1ccn2nc(CN3CCCCC3)nc2c1. The predicted molar refractivity (Wildman–Crippen MR) is 66.5 cm³/mol. The Bertz CT molecular complexity index is 513. The lowest BCUT2D eigenvalue weighted by Gasteiger charge is -2.24. The number of piperidine rings is 1. The van der Waals surface area contributed by atoms with Crippen LogP contribution in [0.15, 0.2) is 18.3 Å². The Morgan fingerprint density at radius 2 is 2.06 bits per heavy atom. The second kappa shape index (κ2) is 4.33. The summed E-state index contributed by atoms with van der Waals surface area (Å²) >= 11 is 0. The minimum Gasteiger partial charge on any atom is -0.399 e. The fourth-order valence-electron chi connectivity index (χ4n) is 2.33. The van der Waals surface area contributed by atoms with Crippen molar-refractivity contribution in [2.75, 3.05) is 18.8 Å². The van der Waals surface area contributed by atoms with Crippen LogP contribution in [-0.2, 0) is 6.54 Å². The molecule has 1 aliphatic heterocycles. The van der Waals surface area contributed by atoms with Gasteiger partial charge in [0.2, 0.25) is 0 Å². The van der Waals surface area contributed by atoms with Crippen LogP contribution >= 0.6 is 0 Å². The van der Waals surface area contributed by atoms with Crippen molar-refractivity contribution in [3.63, 3.8) is 0 Å². The molecule has 0 unspecified atom stereocenters. The normalized spacial score (nSPS) is 17.6. The molecule has 0 spiro atoms. The zero-order valence-corrected chi connectivity index (χ0v) is 9.84. The molecular formula is C12H17N5. The van der Waals surface area contributed by atoms with Crippen molar-refractivity contribution in [1.29, 1.82) is 0 Å². The Balaban J connectivity index is 1.80. The van der Waals surface area contributed by atoms with E-state index >= 15 is 0 Å². The van der Waals surface area contributed by atoms with Crippen molar-refractivity contribution in [1.82, 2.24) is 19.5 Å². The van der Waals surface area contributed by atoms with E-state index in [0.717, 1.165) is 36.8 Å². The number of nitrogen functional groups attached to an aromatic ring is 1. The minimum atomic E-state index is 0.731. The van der Waals surface area contributed by atoms with E-state index in [0.29, 0.717) is 0 Å². The fraction of sp³-hybridized carbons (Fsp3) is 0.500. The Morgan fingerprint density at radius 3 is 2.88 bits per heavy atom. The van der Waals surface area contributed by atoms with Gasteiger partial charge in [-0.3, -0.25) is 4.90 Å². The molecule has 0 bridgehead atoms. The highest BCUT2D eigenvalue weighted by molar-refractivity contribution is 5.50. The second-order valence-electron chi connectivity index (χ2n) is 4.63. The number of rotatable bonds is 2. The maximum atomic E-state index is 5.73. The predicted octanol–water partition coefficient (Wildman–Crippen LogP) is 1.30. The number of aromatic nitrogens is 3. The number of nitrogens with zero attached hydrogens (tertiary/aromatic N) is 4. The molecule has 0 saturated carbocycles. The molecule has 90 valence electrons. The van der Waals surface area contributed by atoms with Crippen LogP contribution in [0.25, 0.3) is 5.65 Å². The summed E-state index contributed by atoms with van der Waals surface area (Å²) in [5.74, 6) is 0.887. The van der Waals surface area contributed by atoms with Crippen LogP contribution in [0.5, 0.6) is 0 Å². The molecule has 2 aromatic heterocycles. The lowest BCUT2D eigenvalue weighted by Crippen LogP contribution is -2.29. The van der Waals surface area contributed by atoms with Crippen LogP contribution < -0.4 is 5.73 Å². The molecule has 1 aliphatic rings. The Hall–Kier alpha value is -1.62. The van der Waals surface area contributed by atoms with Gasteiger partial charge in [0.05, 0.1) is 6.54 Å². The van der Waals surface area contributed by atoms with Gasteiger partial charge < -0.3 is 5.73 Å². The van der Waals surface area contributed by atoms with Gasteiger partial charge >= 0.3 is 0 Å². The molecule has 0 amide bonds. The van der Waals surface area contributed by atoms with Crippen LogP contribution in [0.2, 0.25) is 0 Å². The van der Waals surface area contributed by atoms with Gasteiger partial charge in [0, 0.05) is 18.0 Å². The van der Waals surface area contributed by atoms with Crippen molar-refractivity contribution in [3.05, 3.63) is 24.2 Å². The van der Waals surface area contributed by atoms with Gasteiger partial charge in [0.1, 0.15) is 0 Å². The smallest absolute Gasteiger partial charge is 0.165 e. The summed E-state index contributed by atoms with van der Waals surface area (Å²) in [5.41, 5.74) is 7.29. The average Bonchev–Trinajstić information content (AvgIpc) is 2.71. The Kier molecular flexibility index (Phi) is 2.68. The molecule has 0 radical (unpaired) electrons. The monoisotopic (exact) mass is 231 g/mol. The molecule has 2 N–H and O–H groups in total. The van der Waals surface area contributed by atoms with Crippen molar-refractivity contribution < 1.29 is 0 Å². The summed E-state index contributed by atoms with van der Waals surface area (Å²) in [7, 11) is 0. The standard InChI is InChI=1S/C12H17N5/c13-10-4-7-17-12(8-10)14-11(15-17)9-16-5-2-1-3-6-16/h4,7-8H,1-3,5-6,9,13H2. The van der Waals surface area contributed by atoms with Gasteiger partial charge in [-0.25, -0.2) is 9.50 Å². The molecule has 5 heteroatoms. The number of hydrogen-bond donors (Lipinski definition) is 1. The number of nitrogens with two attached hydrogens (primary N) is 1. The van der Waals surface area contributed by atoms with E-state index in [9.17, 15) is 0 Å². The van der Waals surface area contributed by atoms with Crippen molar-refractivity contribution >= 4 is 11.3 Å². The van der Waals surface area contributed by atoms with E-state index in [1.807, 2.05) is 18.3 Å². The van der Waals surface area contributed by atoms with Gasteiger partial charge in [0.15, 0.2) is 11.5 Å². The van der Waals surface area contributed by atoms with Crippen molar-refractivity contribution in [3.8, 4) is 0 Å². The number of likely N-dealkylation sites (tertiary alicyclic amines) is 1. The minimum absolute atomic E-state index is 0.731. The first-order valence-electron chi connectivity index (χ1n) is 6.14. The largest absolute Gasteiger partial charge is 0.399 e. The molecule has 3 rings (SSSR count). The van der Waals surface area contributed by atoms with E-state index in [4.69, 9.17) is 5.73 Å². The van der Waals surface area contributed by atoms with Gasteiger partial charge in [-0.05, 0) is 32.0 Å². The fourth-order valence-corrected chi connectivity index (χ4v) is 2.33. The van der Waals surface area contributed by atoms with Crippen LogP contribution in [0.4, 0.5) is 5.69 Å². The molecule has 2 aromatic rings. The first-order chi connectivity index (χ1) is 8.31. The molecule has 5 nitrogen and oxygen atoms in total. The maximum Gasteiger partial charge on any atom is 0.165 e. The van der Waals surface area contributed by atoms with Gasteiger partial charge in [-0.2, -0.15) is 0 Å². The zero-order chi connectivity index (χ0) is 11.7.